The summed E-state index contributed by atoms with van der Waals surface area (Å²) in [7, 11) is 0. The van der Waals surface area contributed by atoms with Crippen LogP contribution in [0.4, 0.5) is 9.59 Å². The van der Waals surface area contributed by atoms with Crippen molar-refractivity contribution in [1.82, 2.24) is 0 Å². The molecule has 6 nitrogen and oxygen atoms in total. The zero-order chi connectivity index (χ0) is 7.15. The van der Waals surface area contributed by atoms with E-state index in [1.165, 1.54) is 0 Å². The SMILES string of the molecule is O=C([O-])[O-].O=C([O-])[O-].[Na].[Na].[Na]. The molecule has 0 aromatic carbocycles. The van der Waals surface area contributed by atoms with Crippen LogP contribution >= 0.6 is 0 Å². The van der Waals surface area contributed by atoms with Crippen molar-refractivity contribution in [2.75, 3.05) is 0 Å². The van der Waals surface area contributed by atoms with Crippen molar-refractivity contribution in [2.45, 2.75) is 0 Å². The maximum Gasteiger partial charge on any atom is 0 e. The minimum Gasteiger partial charge on any atom is -0.652 e. The molecular weight excluding hydrogens is 189 g/mol. The third kappa shape index (κ3) is 443. The third-order valence-corrected chi connectivity index (χ3v) is 0. The van der Waals surface area contributed by atoms with Gasteiger partial charge >= 0.3 is 0 Å². The van der Waals surface area contributed by atoms with E-state index in [1.54, 1.807) is 0 Å². The standard InChI is InChI=1S/2CH2O3.3Na/c2*2-1(3)4;;;/h2*(H2,2,3,4);;;/p-4. The zero-order valence-electron chi connectivity index (χ0n) is 6.45. The fraction of sp³-hybridized carbons (Fsp3) is 0. The molecule has 0 bridgehead atoms. The van der Waals surface area contributed by atoms with E-state index in [-0.39, 0.29) is 88.7 Å². The molecule has 0 amide bonds. The first-order chi connectivity index (χ1) is 3.46. The smallest absolute Gasteiger partial charge is 0 e. The molecule has 0 spiro atoms. The van der Waals surface area contributed by atoms with Gasteiger partial charge in [-0.2, -0.15) is 0 Å². The number of rotatable bonds is 0. The summed E-state index contributed by atoms with van der Waals surface area (Å²) < 4.78 is 0. The molecule has 0 aliphatic heterocycles. The number of carboxylic acid groups (broad SMARTS) is 4. The minimum atomic E-state index is -2.33. The molecule has 0 heterocycles. The van der Waals surface area contributed by atoms with Crippen LogP contribution in [-0.4, -0.2) is 101 Å². The minimum absolute atomic E-state index is 0. The van der Waals surface area contributed by atoms with E-state index < -0.39 is 12.3 Å². The quantitative estimate of drug-likeness (QED) is 0.349. The van der Waals surface area contributed by atoms with Crippen molar-refractivity contribution in [3.8, 4) is 0 Å². The fourth-order valence-corrected chi connectivity index (χ4v) is 0. The Morgan fingerprint density at radius 2 is 0.636 bits per heavy atom. The van der Waals surface area contributed by atoms with Crippen molar-refractivity contribution in [1.29, 1.82) is 0 Å². The van der Waals surface area contributed by atoms with Crippen molar-refractivity contribution < 1.29 is 30.0 Å². The number of hydrogen-bond donors (Lipinski definition) is 0. The van der Waals surface area contributed by atoms with Gasteiger partial charge in [0.15, 0.2) is 0 Å². The van der Waals surface area contributed by atoms with Gasteiger partial charge in [-0.1, -0.05) is 0 Å². The summed E-state index contributed by atoms with van der Waals surface area (Å²) >= 11 is 0. The predicted molar refractivity (Wildman–Crippen MR) is 28.1 cm³/mol. The molecule has 0 aliphatic rings. The maximum atomic E-state index is 8.33. The molecular formula is C2Na3O6-4. The van der Waals surface area contributed by atoms with Gasteiger partial charge in [0, 0.05) is 88.7 Å². The van der Waals surface area contributed by atoms with Gasteiger partial charge in [0.05, 0.1) is 0 Å². The number of carbonyl (C=O) groups is 2. The van der Waals surface area contributed by atoms with E-state index in [9.17, 15) is 0 Å². The molecule has 0 fully saturated rings. The average molecular weight is 189 g/mol. The van der Waals surface area contributed by atoms with E-state index in [2.05, 4.69) is 0 Å². The predicted octanol–water partition coefficient (Wildman–Crippen LogP) is -6.04. The molecule has 0 saturated carbocycles. The van der Waals surface area contributed by atoms with E-state index in [0.29, 0.717) is 0 Å². The first-order valence-electron chi connectivity index (χ1n) is 1.22. The second-order valence-corrected chi connectivity index (χ2v) is 0.500. The second-order valence-electron chi connectivity index (χ2n) is 0.500. The molecule has 9 heteroatoms. The van der Waals surface area contributed by atoms with Crippen molar-refractivity contribution in [3.05, 3.63) is 0 Å². The van der Waals surface area contributed by atoms with Gasteiger partial charge in [-0.3, -0.25) is 0 Å². The average Bonchev–Trinajstić information content (AvgIpc) is 1.25. The van der Waals surface area contributed by atoms with E-state index in [4.69, 9.17) is 30.0 Å². The van der Waals surface area contributed by atoms with Gasteiger partial charge < -0.3 is 30.0 Å². The molecule has 0 aromatic rings. The van der Waals surface area contributed by atoms with Crippen molar-refractivity contribution >= 4 is 101 Å². The van der Waals surface area contributed by atoms with E-state index in [0.717, 1.165) is 0 Å². The zero-order valence-corrected chi connectivity index (χ0v) is 12.4. The first-order valence-corrected chi connectivity index (χ1v) is 1.22. The molecule has 0 saturated heterocycles. The topological polar surface area (TPSA) is 126 Å². The molecule has 0 aliphatic carbocycles. The van der Waals surface area contributed by atoms with Gasteiger partial charge in [-0.15, -0.1) is 0 Å². The molecule has 11 heavy (non-hydrogen) atoms. The van der Waals surface area contributed by atoms with Gasteiger partial charge in [-0.05, 0) is 12.3 Å². The Balaban J connectivity index is -0.0000000171. The van der Waals surface area contributed by atoms with Crippen LogP contribution in [0.5, 0.6) is 0 Å². The Kier molecular flexibility index (Phi) is 60.2. The molecule has 0 aromatic heterocycles. The summed E-state index contributed by atoms with van der Waals surface area (Å²) in [6, 6.07) is 0. The summed E-state index contributed by atoms with van der Waals surface area (Å²) in [5.74, 6) is 0. The summed E-state index contributed by atoms with van der Waals surface area (Å²) in [5, 5.41) is 33.3. The van der Waals surface area contributed by atoms with Crippen LogP contribution in [0, 0.1) is 0 Å². The van der Waals surface area contributed by atoms with Crippen LogP contribution in [0.25, 0.3) is 0 Å². The van der Waals surface area contributed by atoms with Crippen molar-refractivity contribution in [2.24, 2.45) is 0 Å². The van der Waals surface area contributed by atoms with Crippen LogP contribution in [0.2, 0.25) is 0 Å². The monoisotopic (exact) mass is 189 g/mol. The molecule has 3 radical (unpaired) electrons. The maximum absolute atomic E-state index is 8.33. The van der Waals surface area contributed by atoms with E-state index in [1.807, 2.05) is 0 Å². The Morgan fingerprint density at radius 1 is 0.636 bits per heavy atom. The summed E-state index contributed by atoms with van der Waals surface area (Å²) in [6.07, 6.45) is -4.67. The van der Waals surface area contributed by atoms with E-state index >= 15 is 0 Å². The van der Waals surface area contributed by atoms with Crippen molar-refractivity contribution in [3.63, 3.8) is 0 Å². The second kappa shape index (κ2) is 22.5. The molecule has 51 valence electrons. The Bertz CT molecular complexity index is 73.8. The number of hydrogen-bond acceptors (Lipinski definition) is 6. The van der Waals surface area contributed by atoms with Crippen LogP contribution < -0.4 is 20.4 Å². The molecule has 0 unspecified atom stereocenters. The van der Waals surface area contributed by atoms with Gasteiger partial charge in [0.2, 0.25) is 0 Å². The number of carbonyl (C=O) groups excluding carboxylic acids is 2. The van der Waals surface area contributed by atoms with Crippen LogP contribution in [0.1, 0.15) is 0 Å². The summed E-state index contributed by atoms with van der Waals surface area (Å²) in [4.78, 5) is 16.7. The molecule has 0 atom stereocenters. The van der Waals surface area contributed by atoms with Gasteiger partial charge in [-0.25, -0.2) is 0 Å². The Morgan fingerprint density at radius 3 is 0.636 bits per heavy atom. The fourth-order valence-electron chi connectivity index (χ4n) is 0. The molecule has 0 N–H and O–H groups in total. The van der Waals surface area contributed by atoms with Crippen LogP contribution in [-0.2, 0) is 0 Å². The van der Waals surface area contributed by atoms with Gasteiger partial charge in [0.25, 0.3) is 0 Å². The Labute approximate surface area is 129 Å². The largest absolute Gasteiger partial charge is 0.652 e. The Hall–Kier alpha value is 1.54. The first kappa shape index (κ1) is 29.4. The van der Waals surface area contributed by atoms with Crippen LogP contribution in [0.3, 0.4) is 0 Å². The normalized spacial score (nSPS) is 4.36. The molecule has 0 rings (SSSR count). The summed E-state index contributed by atoms with van der Waals surface area (Å²) in [6.45, 7) is 0. The third-order valence-electron chi connectivity index (χ3n) is 0. The van der Waals surface area contributed by atoms with Crippen LogP contribution in [0.15, 0.2) is 0 Å². The van der Waals surface area contributed by atoms with Gasteiger partial charge in [0.1, 0.15) is 0 Å². The summed E-state index contributed by atoms with van der Waals surface area (Å²) in [5.41, 5.74) is 0.